The van der Waals surface area contributed by atoms with Gasteiger partial charge < -0.3 is 10.6 Å². The van der Waals surface area contributed by atoms with Crippen molar-refractivity contribution in [1.29, 1.82) is 0 Å². The monoisotopic (exact) mass is 344 g/mol. The highest BCUT2D eigenvalue weighted by Crippen LogP contribution is 2.22. The van der Waals surface area contributed by atoms with Crippen LogP contribution in [0.1, 0.15) is 30.9 Å². The van der Waals surface area contributed by atoms with Crippen LogP contribution >= 0.6 is 12.4 Å². The molecule has 2 N–H and O–H groups in total. The van der Waals surface area contributed by atoms with E-state index < -0.39 is 0 Å². The molecule has 0 spiro atoms. The summed E-state index contributed by atoms with van der Waals surface area (Å²) in [5, 5.41) is 6.55. The fourth-order valence-corrected chi connectivity index (χ4v) is 3.22. The van der Waals surface area contributed by atoms with Crippen LogP contribution in [0, 0.1) is 5.92 Å². The van der Waals surface area contributed by atoms with Crippen LogP contribution in [-0.2, 0) is 11.2 Å². The van der Waals surface area contributed by atoms with Crippen LogP contribution in [-0.4, -0.2) is 18.5 Å². The molecule has 3 nitrogen and oxygen atoms in total. The van der Waals surface area contributed by atoms with Gasteiger partial charge in [-0.25, -0.2) is 0 Å². The average molecular weight is 345 g/mol. The number of nitrogens with one attached hydrogen (secondary N) is 2. The summed E-state index contributed by atoms with van der Waals surface area (Å²) in [7, 11) is 0. The predicted octanol–water partition coefficient (Wildman–Crippen LogP) is 4.03. The Balaban J connectivity index is 0.00000208. The summed E-state index contributed by atoms with van der Waals surface area (Å²) in [6.45, 7) is 3.06. The van der Waals surface area contributed by atoms with Crippen LogP contribution in [0.15, 0.2) is 54.6 Å². The number of benzene rings is 2. The molecule has 3 rings (SSSR count). The van der Waals surface area contributed by atoms with Crippen molar-refractivity contribution in [2.45, 2.75) is 32.2 Å². The van der Waals surface area contributed by atoms with Crippen LogP contribution in [0.3, 0.4) is 0 Å². The summed E-state index contributed by atoms with van der Waals surface area (Å²) in [4.78, 5) is 12.6. The molecule has 4 heteroatoms. The van der Waals surface area contributed by atoms with E-state index in [9.17, 15) is 4.79 Å². The highest BCUT2D eigenvalue weighted by molar-refractivity contribution is 5.93. The van der Waals surface area contributed by atoms with E-state index in [-0.39, 0.29) is 24.2 Å². The van der Waals surface area contributed by atoms with Gasteiger partial charge in [0.25, 0.3) is 0 Å². The van der Waals surface area contributed by atoms with Crippen molar-refractivity contribution in [1.82, 2.24) is 5.32 Å². The lowest BCUT2D eigenvalue weighted by Crippen LogP contribution is -2.40. The first-order valence-electron chi connectivity index (χ1n) is 8.38. The van der Waals surface area contributed by atoms with Crippen LogP contribution < -0.4 is 10.6 Å². The number of amides is 1. The number of halogens is 1. The lowest BCUT2D eigenvalue weighted by atomic mass is 9.92. The minimum atomic E-state index is 0. The first kappa shape index (κ1) is 18.5. The van der Waals surface area contributed by atoms with Crippen molar-refractivity contribution >= 4 is 24.0 Å². The molecule has 1 heterocycles. The zero-order valence-corrected chi connectivity index (χ0v) is 14.8. The summed E-state index contributed by atoms with van der Waals surface area (Å²) in [6.07, 6.45) is 2.66. The normalized spacial score (nSPS) is 20.0. The molecule has 1 saturated heterocycles. The van der Waals surface area contributed by atoms with Crippen molar-refractivity contribution in [3.63, 3.8) is 0 Å². The number of anilines is 1. The molecule has 1 fully saturated rings. The smallest absolute Gasteiger partial charge is 0.227 e. The zero-order valence-electron chi connectivity index (χ0n) is 14.0. The second kappa shape index (κ2) is 8.86. The van der Waals surface area contributed by atoms with Crippen molar-refractivity contribution < 1.29 is 4.79 Å². The third-order valence-electron chi connectivity index (χ3n) is 4.51. The van der Waals surface area contributed by atoms with Crippen LogP contribution in [0.5, 0.6) is 0 Å². The van der Waals surface area contributed by atoms with E-state index in [1.54, 1.807) is 0 Å². The van der Waals surface area contributed by atoms with E-state index >= 15 is 0 Å². The molecular weight excluding hydrogens is 320 g/mol. The Labute approximate surface area is 150 Å². The minimum absolute atomic E-state index is 0. The molecule has 2 atom stereocenters. The summed E-state index contributed by atoms with van der Waals surface area (Å²) in [5.74, 6) is 0.259. The standard InChI is InChI=1S/C20H24N2O.ClH/c1-15-13-18(11-12-21-15)20(23)22-19-10-6-5-9-17(19)14-16-7-3-2-4-8-16;/h2-10,15,18,21H,11-14H2,1H3,(H,22,23);1H/t15-,18-;/m0./s1. The summed E-state index contributed by atoms with van der Waals surface area (Å²) in [6, 6.07) is 18.9. The molecule has 2 aromatic carbocycles. The molecule has 2 aromatic rings. The number of hydrogen-bond donors (Lipinski definition) is 2. The highest BCUT2D eigenvalue weighted by Gasteiger charge is 2.25. The number of para-hydroxylation sites is 1. The number of carbonyl (C=O) groups excluding carboxylic acids is 1. The van der Waals surface area contributed by atoms with Gasteiger partial charge in [0.2, 0.25) is 5.91 Å². The van der Waals surface area contributed by atoms with Crippen molar-refractivity contribution in [3.8, 4) is 0 Å². The Morgan fingerprint density at radius 2 is 1.83 bits per heavy atom. The van der Waals surface area contributed by atoms with Gasteiger partial charge in [0.05, 0.1) is 0 Å². The summed E-state index contributed by atoms with van der Waals surface area (Å²) in [5.41, 5.74) is 3.35. The zero-order chi connectivity index (χ0) is 16.1. The molecule has 24 heavy (non-hydrogen) atoms. The van der Waals surface area contributed by atoms with Gasteiger partial charge in [-0.3, -0.25) is 4.79 Å². The maximum absolute atomic E-state index is 12.6. The first-order chi connectivity index (χ1) is 11.2. The van der Waals surface area contributed by atoms with E-state index in [4.69, 9.17) is 0 Å². The second-order valence-electron chi connectivity index (χ2n) is 6.39. The van der Waals surface area contributed by atoms with Gasteiger partial charge >= 0.3 is 0 Å². The molecule has 0 radical (unpaired) electrons. The van der Waals surface area contributed by atoms with Gasteiger partial charge in [0.1, 0.15) is 0 Å². The van der Waals surface area contributed by atoms with Crippen molar-refractivity contribution in [2.24, 2.45) is 5.92 Å². The number of carbonyl (C=O) groups is 1. The Morgan fingerprint density at radius 1 is 1.12 bits per heavy atom. The molecule has 0 aliphatic carbocycles. The highest BCUT2D eigenvalue weighted by atomic mass is 35.5. The topological polar surface area (TPSA) is 41.1 Å². The molecule has 128 valence electrons. The Hall–Kier alpha value is -1.84. The summed E-state index contributed by atoms with van der Waals surface area (Å²) >= 11 is 0. The Morgan fingerprint density at radius 3 is 2.58 bits per heavy atom. The molecule has 0 bridgehead atoms. The SMILES string of the molecule is C[C@H]1C[C@@H](C(=O)Nc2ccccc2Cc2ccccc2)CCN1.Cl. The molecule has 1 amide bonds. The molecule has 0 saturated carbocycles. The predicted molar refractivity (Wildman–Crippen MR) is 102 cm³/mol. The second-order valence-corrected chi connectivity index (χ2v) is 6.39. The molecule has 0 aromatic heterocycles. The largest absolute Gasteiger partial charge is 0.326 e. The minimum Gasteiger partial charge on any atom is -0.326 e. The maximum atomic E-state index is 12.6. The number of piperidine rings is 1. The van der Waals surface area contributed by atoms with Gasteiger partial charge in [-0.1, -0.05) is 48.5 Å². The number of hydrogen-bond acceptors (Lipinski definition) is 2. The van der Waals surface area contributed by atoms with Gasteiger partial charge in [0.15, 0.2) is 0 Å². The first-order valence-corrected chi connectivity index (χ1v) is 8.38. The van der Waals surface area contributed by atoms with Crippen molar-refractivity contribution in [2.75, 3.05) is 11.9 Å². The van der Waals surface area contributed by atoms with Gasteiger partial charge in [-0.2, -0.15) is 0 Å². The lowest BCUT2D eigenvalue weighted by molar-refractivity contribution is -0.120. The molecule has 0 unspecified atom stereocenters. The average Bonchev–Trinajstić information content (AvgIpc) is 2.57. The van der Waals surface area contributed by atoms with E-state index in [0.717, 1.165) is 37.1 Å². The van der Waals surface area contributed by atoms with Crippen LogP contribution in [0.25, 0.3) is 0 Å². The van der Waals surface area contributed by atoms with E-state index in [1.807, 2.05) is 36.4 Å². The molecule has 1 aliphatic rings. The molecule has 1 aliphatic heterocycles. The lowest BCUT2D eigenvalue weighted by Gasteiger charge is -2.27. The van der Waals surface area contributed by atoms with Gasteiger partial charge in [-0.15, -0.1) is 12.4 Å². The fraction of sp³-hybridized carbons (Fsp3) is 0.350. The Kier molecular flexibility index (Phi) is 6.83. The third kappa shape index (κ3) is 4.83. The van der Waals surface area contributed by atoms with Gasteiger partial charge in [-0.05, 0) is 49.9 Å². The maximum Gasteiger partial charge on any atom is 0.227 e. The quantitative estimate of drug-likeness (QED) is 0.879. The van der Waals surface area contributed by atoms with Crippen molar-refractivity contribution in [3.05, 3.63) is 65.7 Å². The Bertz CT molecular complexity index is 660. The van der Waals surface area contributed by atoms with E-state index in [2.05, 4.69) is 35.8 Å². The van der Waals surface area contributed by atoms with E-state index in [0.29, 0.717) is 6.04 Å². The van der Waals surface area contributed by atoms with Crippen LogP contribution in [0.4, 0.5) is 5.69 Å². The third-order valence-corrected chi connectivity index (χ3v) is 4.51. The fourth-order valence-electron chi connectivity index (χ4n) is 3.22. The van der Waals surface area contributed by atoms with E-state index in [1.165, 1.54) is 5.56 Å². The van der Waals surface area contributed by atoms with Crippen LogP contribution in [0.2, 0.25) is 0 Å². The van der Waals surface area contributed by atoms with Gasteiger partial charge in [0, 0.05) is 17.6 Å². The molecular formula is C20H25ClN2O. The summed E-state index contributed by atoms with van der Waals surface area (Å²) < 4.78 is 0. The number of rotatable bonds is 4.